The van der Waals surface area contributed by atoms with Crippen LogP contribution in [0, 0.1) is 20.2 Å². The topological polar surface area (TPSA) is 86.3 Å². The molecule has 0 saturated heterocycles. The number of nitro groups is 2. The van der Waals surface area contributed by atoms with Crippen molar-refractivity contribution in [2.24, 2.45) is 0 Å². The summed E-state index contributed by atoms with van der Waals surface area (Å²) in [6.07, 6.45) is 0. The van der Waals surface area contributed by atoms with Crippen molar-refractivity contribution in [3.05, 3.63) is 115 Å². The molecule has 34 heavy (non-hydrogen) atoms. The fourth-order valence-corrected chi connectivity index (χ4v) is 6.08. The summed E-state index contributed by atoms with van der Waals surface area (Å²) in [6, 6.07) is 23.4. The zero-order chi connectivity index (χ0) is 24.2. The molecule has 0 unspecified atom stereocenters. The Morgan fingerprint density at radius 1 is 0.559 bits per heavy atom. The average molecular weight is 529 g/mol. The van der Waals surface area contributed by atoms with Gasteiger partial charge in [0, 0.05) is 43.1 Å². The fraction of sp³-hybridized carbons (Fsp3) is 0. The van der Waals surface area contributed by atoms with E-state index in [9.17, 15) is 20.2 Å². The molecule has 0 heterocycles. The predicted octanol–water partition coefficient (Wildman–Crippen LogP) is 8.94. The summed E-state index contributed by atoms with van der Waals surface area (Å²) in [5.74, 6) is 0. The van der Waals surface area contributed by atoms with Crippen molar-refractivity contribution >= 4 is 56.2 Å². The van der Waals surface area contributed by atoms with E-state index in [-0.39, 0.29) is 11.4 Å². The van der Waals surface area contributed by atoms with E-state index in [0.717, 1.165) is 9.79 Å². The lowest BCUT2D eigenvalue weighted by atomic mass is 10.0. The van der Waals surface area contributed by atoms with Crippen LogP contribution in [0.5, 0.6) is 0 Å². The molecule has 0 aliphatic heterocycles. The van der Waals surface area contributed by atoms with Crippen molar-refractivity contribution in [1.82, 2.24) is 0 Å². The van der Waals surface area contributed by atoms with Crippen molar-refractivity contribution in [2.75, 3.05) is 0 Å². The van der Waals surface area contributed by atoms with Gasteiger partial charge in [-0.2, -0.15) is 0 Å². The van der Waals surface area contributed by atoms with Gasteiger partial charge in [-0.25, -0.2) is 0 Å². The summed E-state index contributed by atoms with van der Waals surface area (Å²) in [4.78, 5) is 23.8. The Morgan fingerprint density at radius 2 is 0.941 bits per heavy atom. The molecule has 4 rings (SSSR count). The number of benzene rings is 4. The first kappa shape index (κ1) is 24.1. The SMILES string of the molecule is O=[N+]([O-])c1ccccc1-c1cc(Cl)ccc1SSc1ccc(Cl)cc1-c1ccccc1[N+](=O)[O-]. The van der Waals surface area contributed by atoms with Crippen molar-refractivity contribution in [1.29, 1.82) is 0 Å². The van der Waals surface area contributed by atoms with E-state index < -0.39 is 9.85 Å². The van der Waals surface area contributed by atoms with Gasteiger partial charge in [0.1, 0.15) is 0 Å². The lowest BCUT2D eigenvalue weighted by Crippen LogP contribution is -1.93. The summed E-state index contributed by atoms with van der Waals surface area (Å²) < 4.78 is 0. The van der Waals surface area contributed by atoms with E-state index in [4.69, 9.17) is 23.2 Å². The van der Waals surface area contributed by atoms with Crippen molar-refractivity contribution in [3.8, 4) is 22.3 Å². The van der Waals surface area contributed by atoms with Gasteiger partial charge in [-0.3, -0.25) is 20.2 Å². The maximum absolute atomic E-state index is 11.6. The van der Waals surface area contributed by atoms with E-state index in [1.54, 1.807) is 72.8 Å². The van der Waals surface area contributed by atoms with Crippen LogP contribution in [0.25, 0.3) is 22.3 Å². The van der Waals surface area contributed by atoms with E-state index in [1.807, 2.05) is 0 Å². The Bertz CT molecular complexity index is 1310. The molecule has 170 valence electrons. The van der Waals surface area contributed by atoms with Crippen LogP contribution in [0.15, 0.2) is 94.7 Å². The molecule has 0 amide bonds. The van der Waals surface area contributed by atoms with Gasteiger partial charge < -0.3 is 0 Å². The normalized spacial score (nSPS) is 10.8. The first-order valence-electron chi connectivity index (χ1n) is 9.76. The highest BCUT2D eigenvalue weighted by Gasteiger charge is 2.20. The highest BCUT2D eigenvalue weighted by atomic mass is 35.5. The first-order valence-corrected chi connectivity index (χ1v) is 12.7. The smallest absolute Gasteiger partial charge is 0.258 e. The molecule has 0 atom stereocenters. The Morgan fingerprint density at radius 3 is 1.32 bits per heavy atom. The molecule has 4 aromatic rings. The Labute approximate surface area is 212 Å². The third-order valence-electron chi connectivity index (χ3n) is 4.89. The number of hydrogen-bond donors (Lipinski definition) is 0. The van der Waals surface area contributed by atoms with Crippen molar-refractivity contribution < 1.29 is 9.85 Å². The number of hydrogen-bond acceptors (Lipinski definition) is 6. The van der Waals surface area contributed by atoms with Gasteiger partial charge in [-0.05, 0) is 48.5 Å². The molecule has 0 fully saturated rings. The van der Waals surface area contributed by atoms with Crippen LogP contribution in [-0.4, -0.2) is 9.85 Å². The van der Waals surface area contributed by atoms with Crippen LogP contribution < -0.4 is 0 Å². The average Bonchev–Trinajstić information content (AvgIpc) is 2.83. The van der Waals surface area contributed by atoms with Gasteiger partial charge in [0.2, 0.25) is 0 Å². The minimum Gasteiger partial charge on any atom is -0.258 e. The molecular weight excluding hydrogens is 515 g/mol. The van der Waals surface area contributed by atoms with Crippen molar-refractivity contribution in [3.63, 3.8) is 0 Å². The third kappa shape index (κ3) is 5.20. The highest BCUT2D eigenvalue weighted by Crippen LogP contribution is 2.48. The maximum atomic E-state index is 11.6. The van der Waals surface area contributed by atoms with E-state index in [2.05, 4.69) is 0 Å². The molecule has 0 N–H and O–H groups in total. The number of nitrogens with zero attached hydrogens (tertiary/aromatic N) is 2. The molecule has 0 bridgehead atoms. The first-order chi connectivity index (χ1) is 16.3. The second kappa shape index (κ2) is 10.5. The summed E-state index contributed by atoms with van der Waals surface area (Å²) in [5, 5.41) is 24.1. The van der Waals surface area contributed by atoms with Crippen LogP contribution in [0.2, 0.25) is 10.0 Å². The van der Waals surface area contributed by atoms with Crippen LogP contribution >= 0.6 is 44.8 Å². The zero-order valence-corrected chi connectivity index (χ0v) is 20.3. The van der Waals surface area contributed by atoms with Gasteiger partial charge in [0.05, 0.1) is 21.0 Å². The largest absolute Gasteiger partial charge is 0.277 e. The van der Waals surface area contributed by atoms with E-state index in [0.29, 0.717) is 32.3 Å². The third-order valence-corrected chi connectivity index (χ3v) is 7.84. The Balaban J connectivity index is 1.75. The molecule has 6 nitrogen and oxygen atoms in total. The fourth-order valence-electron chi connectivity index (χ4n) is 3.38. The number of halogens is 2. The van der Waals surface area contributed by atoms with Gasteiger partial charge >= 0.3 is 0 Å². The summed E-state index contributed by atoms with van der Waals surface area (Å²) in [6.45, 7) is 0. The minimum absolute atomic E-state index is 0.0243. The van der Waals surface area contributed by atoms with Crippen LogP contribution in [0.1, 0.15) is 0 Å². The van der Waals surface area contributed by atoms with Gasteiger partial charge in [-0.15, -0.1) is 0 Å². The molecule has 0 saturated carbocycles. The highest BCUT2D eigenvalue weighted by molar-refractivity contribution is 8.76. The van der Waals surface area contributed by atoms with Gasteiger partial charge in [-0.1, -0.05) is 69.1 Å². The summed E-state index contributed by atoms with van der Waals surface area (Å²) >= 11 is 12.4. The van der Waals surface area contributed by atoms with Gasteiger partial charge in [0.25, 0.3) is 11.4 Å². The number of para-hydroxylation sites is 2. The molecule has 0 aliphatic carbocycles. The molecule has 0 aromatic heterocycles. The van der Waals surface area contributed by atoms with Crippen molar-refractivity contribution in [2.45, 2.75) is 9.79 Å². The Kier molecular flexibility index (Phi) is 7.43. The minimum atomic E-state index is -0.427. The predicted molar refractivity (Wildman–Crippen MR) is 139 cm³/mol. The van der Waals surface area contributed by atoms with Crippen LogP contribution in [0.3, 0.4) is 0 Å². The summed E-state index contributed by atoms with van der Waals surface area (Å²) in [7, 11) is 2.75. The van der Waals surface area contributed by atoms with Crippen LogP contribution in [0.4, 0.5) is 11.4 Å². The molecule has 0 aliphatic rings. The Hall–Kier alpha value is -3.04. The number of nitro benzene ring substituents is 2. The molecule has 10 heteroatoms. The standard InChI is InChI=1S/C24H14Cl2N2O4S2/c25-15-9-11-23(19(13-15)17-5-1-3-7-21(17)27(29)30)33-34-24-12-10-16(26)14-20(24)18-6-2-4-8-22(18)28(31)32/h1-14H. The molecule has 0 radical (unpaired) electrons. The molecule has 0 spiro atoms. The zero-order valence-electron chi connectivity index (χ0n) is 17.2. The quantitative estimate of drug-likeness (QED) is 0.135. The summed E-state index contributed by atoms with van der Waals surface area (Å²) in [5.41, 5.74) is 2.10. The van der Waals surface area contributed by atoms with Crippen LogP contribution in [-0.2, 0) is 0 Å². The lowest BCUT2D eigenvalue weighted by molar-refractivity contribution is -0.384. The second-order valence-corrected chi connectivity index (χ2v) is 10.1. The molecular formula is C24H14Cl2N2O4S2. The second-order valence-electron chi connectivity index (χ2n) is 7.00. The maximum Gasteiger partial charge on any atom is 0.277 e. The molecule has 4 aromatic carbocycles. The monoisotopic (exact) mass is 528 g/mol. The van der Waals surface area contributed by atoms with E-state index in [1.165, 1.54) is 33.7 Å². The lowest BCUT2D eigenvalue weighted by Gasteiger charge is -2.13. The number of rotatable bonds is 7. The van der Waals surface area contributed by atoms with E-state index >= 15 is 0 Å². The van der Waals surface area contributed by atoms with Gasteiger partial charge in [0.15, 0.2) is 0 Å².